The molecule has 1 aliphatic heterocycles. The highest BCUT2D eigenvalue weighted by molar-refractivity contribution is 5.96. The predicted octanol–water partition coefficient (Wildman–Crippen LogP) is 2.73. The van der Waals surface area contributed by atoms with E-state index in [2.05, 4.69) is 48.5 Å². The van der Waals surface area contributed by atoms with Crippen LogP contribution in [0.2, 0.25) is 0 Å². The Morgan fingerprint density at radius 1 is 1.33 bits per heavy atom. The van der Waals surface area contributed by atoms with Crippen LogP contribution in [0.5, 0.6) is 0 Å². The van der Waals surface area contributed by atoms with Crippen molar-refractivity contribution >= 4 is 5.91 Å². The smallest absolute Gasteiger partial charge is 0.255 e. The number of carbonyl (C=O) groups excluding carboxylic acids is 1. The van der Waals surface area contributed by atoms with E-state index in [-0.39, 0.29) is 5.91 Å². The molecule has 2 rings (SSSR count). The van der Waals surface area contributed by atoms with Gasteiger partial charge in [0.15, 0.2) is 0 Å². The average Bonchev–Trinajstić information content (AvgIpc) is 2.79. The van der Waals surface area contributed by atoms with Gasteiger partial charge in [-0.2, -0.15) is 0 Å². The van der Waals surface area contributed by atoms with Gasteiger partial charge in [-0.05, 0) is 59.2 Å². The van der Waals surface area contributed by atoms with E-state index in [0.29, 0.717) is 6.04 Å². The molecule has 0 unspecified atom stereocenters. The van der Waals surface area contributed by atoms with Crippen molar-refractivity contribution in [1.29, 1.82) is 0 Å². The minimum absolute atomic E-state index is 0.219. The Hall–Kier alpha value is -1.29. The predicted molar refractivity (Wildman–Crippen MR) is 86.8 cm³/mol. The fourth-order valence-corrected chi connectivity index (χ4v) is 3.47. The van der Waals surface area contributed by atoms with Crippen molar-refractivity contribution in [3.8, 4) is 0 Å². The van der Waals surface area contributed by atoms with Crippen LogP contribution in [0.25, 0.3) is 0 Å². The Morgan fingerprint density at radius 3 is 2.52 bits per heavy atom. The Labute approximate surface area is 128 Å². The van der Waals surface area contributed by atoms with E-state index in [1.54, 1.807) is 0 Å². The molecule has 4 heteroatoms. The quantitative estimate of drug-likeness (QED) is 0.905. The number of rotatable bonds is 5. The highest BCUT2D eigenvalue weighted by Gasteiger charge is 2.27. The molecule has 0 radical (unpaired) electrons. The number of nitrogens with one attached hydrogen (secondary N) is 1. The van der Waals surface area contributed by atoms with Gasteiger partial charge >= 0.3 is 0 Å². The Balaban J connectivity index is 2.25. The third-order valence-electron chi connectivity index (χ3n) is 4.60. The number of hydrogen-bond donors (Lipinski definition) is 1. The molecule has 0 bridgehead atoms. The summed E-state index contributed by atoms with van der Waals surface area (Å²) in [5.74, 6) is 0.219. The van der Waals surface area contributed by atoms with E-state index < -0.39 is 0 Å². The number of nitrogens with zero attached hydrogens (tertiary/aromatic N) is 2. The van der Waals surface area contributed by atoms with Gasteiger partial charge < -0.3 is 14.8 Å². The number of aromatic nitrogens is 1. The minimum atomic E-state index is 0.219. The van der Waals surface area contributed by atoms with Gasteiger partial charge in [0.1, 0.15) is 0 Å². The lowest BCUT2D eigenvalue weighted by molar-refractivity contribution is 0.0642. The second-order valence-corrected chi connectivity index (χ2v) is 6.01. The highest BCUT2D eigenvalue weighted by atomic mass is 16.2. The average molecular weight is 291 g/mol. The second kappa shape index (κ2) is 7.12. The van der Waals surface area contributed by atoms with Crippen molar-refractivity contribution in [3.05, 3.63) is 23.0 Å². The van der Waals surface area contributed by atoms with Crippen LogP contribution in [-0.4, -0.2) is 41.1 Å². The Bertz CT molecular complexity index is 486. The van der Waals surface area contributed by atoms with E-state index in [4.69, 9.17) is 0 Å². The number of piperidine rings is 1. The zero-order valence-electron chi connectivity index (χ0n) is 13.9. The first-order chi connectivity index (χ1) is 10.1. The number of hydrogen-bond acceptors (Lipinski definition) is 2. The van der Waals surface area contributed by atoms with Crippen LogP contribution in [0, 0.1) is 13.8 Å². The molecular weight excluding hydrogens is 262 g/mol. The number of amides is 1. The van der Waals surface area contributed by atoms with Crippen LogP contribution in [0.4, 0.5) is 0 Å². The van der Waals surface area contributed by atoms with Crippen LogP contribution < -0.4 is 5.32 Å². The first kappa shape index (κ1) is 16.1. The lowest BCUT2D eigenvalue weighted by Crippen LogP contribution is -2.46. The molecular formula is C17H29N3O. The van der Waals surface area contributed by atoms with Gasteiger partial charge in [0.2, 0.25) is 0 Å². The van der Waals surface area contributed by atoms with Crippen molar-refractivity contribution in [2.75, 3.05) is 19.6 Å². The van der Waals surface area contributed by atoms with Gasteiger partial charge in [-0.25, -0.2) is 0 Å². The third kappa shape index (κ3) is 3.31. The van der Waals surface area contributed by atoms with Gasteiger partial charge in [-0.1, -0.05) is 6.92 Å². The fraction of sp³-hybridized carbons (Fsp3) is 0.706. The Morgan fingerprint density at radius 2 is 2.00 bits per heavy atom. The monoisotopic (exact) mass is 291 g/mol. The van der Waals surface area contributed by atoms with E-state index >= 15 is 0 Å². The van der Waals surface area contributed by atoms with E-state index in [9.17, 15) is 4.79 Å². The molecule has 4 nitrogen and oxygen atoms in total. The zero-order valence-corrected chi connectivity index (χ0v) is 13.9. The first-order valence-electron chi connectivity index (χ1n) is 8.28. The molecule has 1 aromatic rings. The molecule has 0 atom stereocenters. The molecule has 0 aromatic carbocycles. The lowest BCUT2D eigenvalue weighted by atomic mass is 10.0. The number of carbonyl (C=O) groups is 1. The van der Waals surface area contributed by atoms with Crippen LogP contribution in [-0.2, 0) is 6.54 Å². The van der Waals surface area contributed by atoms with Gasteiger partial charge in [0, 0.05) is 30.5 Å². The van der Waals surface area contributed by atoms with Crippen LogP contribution >= 0.6 is 0 Å². The van der Waals surface area contributed by atoms with Crippen molar-refractivity contribution in [2.24, 2.45) is 0 Å². The molecule has 21 heavy (non-hydrogen) atoms. The first-order valence-corrected chi connectivity index (χ1v) is 8.28. The summed E-state index contributed by atoms with van der Waals surface area (Å²) in [6.45, 7) is 12.3. The normalized spacial score (nSPS) is 16.2. The standard InChI is InChI=1S/C17H29N3O/c1-5-11-20(15-7-9-18-10-8-15)17(21)16-12-13(3)19(6-2)14(16)4/h12,15,18H,5-11H2,1-4H3. The van der Waals surface area contributed by atoms with E-state index in [1.807, 2.05) is 0 Å². The summed E-state index contributed by atoms with van der Waals surface area (Å²) in [4.78, 5) is 15.1. The van der Waals surface area contributed by atoms with Crippen molar-refractivity contribution in [2.45, 2.75) is 59.5 Å². The van der Waals surface area contributed by atoms with Crippen LogP contribution in [0.15, 0.2) is 6.07 Å². The summed E-state index contributed by atoms with van der Waals surface area (Å²) in [7, 11) is 0. The van der Waals surface area contributed by atoms with Gasteiger partial charge in [-0.15, -0.1) is 0 Å². The van der Waals surface area contributed by atoms with Crippen LogP contribution in [0.1, 0.15) is 54.9 Å². The molecule has 1 saturated heterocycles. The summed E-state index contributed by atoms with van der Waals surface area (Å²) in [5.41, 5.74) is 3.18. The molecule has 118 valence electrons. The van der Waals surface area contributed by atoms with Crippen molar-refractivity contribution < 1.29 is 4.79 Å². The lowest BCUT2D eigenvalue weighted by Gasteiger charge is -2.34. The molecule has 0 saturated carbocycles. The zero-order chi connectivity index (χ0) is 15.4. The largest absolute Gasteiger partial charge is 0.349 e. The topological polar surface area (TPSA) is 37.3 Å². The van der Waals surface area contributed by atoms with Crippen molar-refractivity contribution in [1.82, 2.24) is 14.8 Å². The maximum Gasteiger partial charge on any atom is 0.255 e. The maximum atomic E-state index is 13.0. The summed E-state index contributed by atoms with van der Waals surface area (Å²) in [6.07, 6.45) is 3.15. The highest BCUT2D eigenvalue weighted by Crippen LogP contribution is 2.21. The molecule has 1 aliphatic rings. The van der Waals surface area contributed by atoms with E-state index in [1.165, 1.54) is 5.69 Å². The fourth-order valence-electron chi connectivity index (χ4n) is 3.47. The summed E-state index contributed by atoms with van der Waals surface area (Å²) < 4.78 is 2.22. The van der Waals surface area contributed by atoms with Crippen LogP contribution in [0.3, 0.4) is 0 Å². The van der Waals surface area contributed by atoms with Gasteiger partial charge in [0.25, 0.3) is 5.91 Å². The SMILES string of the molecule is CCCN(C(=O)c1cc(C)n(CC)c1C)C1CCNCC1. The molecule has 1 aromatic heterocycles. The molecule has 2 heterocycles. The molecule has 0 aliphatic carbocycles. The minimum Gasteiger partial charge on any atom is -0.349 e. The molecule has 1 amide bonds. The summed E-state index contributed by atoms with van der Waals surface area (Å²) in [6, 6.07) is 2.45. The molecule has 1 fully saturated rings. The molecule has 1 N–H and O–H groups in total. The third-order valence-corrected chi connectivity index (χ3v) is 4.60. The van der Waals surface area contributed by atoms with E-state index in [0.717, 1.165) is 56.7 Å². The van der Waals surface area contributed by atoms with Gasteiger partial charge in [-0.3, -0.25) is 4.79 Å². The Kier molecular flexibility index (Phi) is 5.45. The second-order valence-electron chi connectivity index (χ2n) is 6.01. The maximum absolute atomic E-state index is 13.0. The summed E-state index contributed by atoms with van der Waals surface area (Å²) >= 11 is 0. The van der Waals surface area contributed by atoms with Gasteiger partial charge in [0.05, 0.1) is 5.56 Å². The molecule has 0 spiro atoms. The summed E-state index contributed by atoms with van der Waals surface area (Å²) in [5, 5.41) is 3.38. The number of aryl methyl sites for hydroxylation is 1. The van der Waals surface area contributed by atoms with Crippen molar-refractivity contribution in [3.63, 3.8) is 0 Å².